The summed E-state index contributed by atoms with van der Waals surface area (Å²) < 4.78 is 5.25. The van der Waals surface area contributed by atoms with Crippen LogP contribution >= 0.6 is 0 Å². The van der Waals surface area contributed by atoms with Gasteiger partial charge in [0.2, 0.25) is 0 Å². The van der Waals surface area contributed by atoms with E-state index in [1.165, 1.54) is 11.3 Å². The van der Waals surface area contributed by atoms with Crippen LogP contribution in [0.4, 0.5) is 5.69 Å². The third kappa shape index (κ3) is 1.79. The molecule has 2 rings (SSSR count). The van der Waals surface area contributed by atoms with Gasteiger partial charge in [-0.2, -0.15) is 0 Å². The molecule has 0 aromatic heterocycles. The van der Waals surface area contributed by atoms with Crippen LogP contribution in [0.3, 0.4) is 0 Å². The average Bonchev–Trinajstić information content (AvgIpc) is 2.70. The molecule has 0 amide bonds. The summed E-state index contributed by atoms with van der Waals surface area (Å²) in [6.07, 6.45) is 0. The number of likely N-dealkylation sites (N-methyl/N-ethyl adjacent to an activating group) is 1. The number of hydrogen-bond donors (Lipinski definition) is 2. The monoisotopic (exact) mass is 206 g/mol. The van der Waals surface area contributed by atoms with Crippen molar-refractivity contribution in [1.29, 1.82) is 0 Å². The van der Waals surface area contributed by atoms with Crippen LogP contribution in [0.25, 0.3) is 0 Å². The van der Waals surface area contributed by atoms with Gasteiger partial charge in [0.05, 0.1) is 7.11 Å². The number of fused-ring (bicyclic) bond motifs is 1. The summed E-state index contributed by atoms with van der Waals surface area (Å²) in [5.41, 5.74) is 2.60. The van der Waals surface area contributed by atoms with Gasteiger partial charge in [0.1, 0.15) is 5.75 Å². The Bertz CT molecular complexity index is 351. The SMILES string of the molecule is CNC(C)C1CNc2ccc(OC)cc21. The van der Waals surface area contributed by atoms with Crippen molar-refractivity contribution in [2.24, 2.45) is 0 Å². The molecule has 1 aromatic rings. The normalized spacial score (nSPS) is 20.6. The molecule has 0 spiro atoms. The molecule has 0 fully saturated rings. The van der Waals surface area contributed by atoms with Gasteiger partial charge in [-0.3, -0.25) is 0 Å². The Kier molecular flexibility index (Phi) is 2.82. The summed E-state index contributed by atoms with van der Waals surface area (Å²) in [5.74, 6) is 1.46. The van der Waals surface area contributed by atoms with E-state index in [2.05, 4.69) is 29.7 Å². The standard InChI is InChI=1S/C12H18N2O/c1-8(13-2)11-7-14-12-5-4-9(15-3)6-10(11)12/h4-6,8,11,13-14H,7H2,1-3H3. The van der Waals surface area contributed by atoms with Crippen molar-refractivity contribution < 1.29 is 4.74 Å². The van der Waals surface area contributed by atoms with Gasteiger partial charge in [0, 0.05) is 24.2 Å². The van der Waals surface area contributed by atoms with Gasteiger partial charge < -0.3 is 15.4 Å². The van der Waals surface area contributed by atoms with Crippen molar-refractivity contribution >= 4 is 5.69 Å². The molecule has 0 bridgehead atoms. The molecule has 1 aliphatic rings. The van der Waals surface area contributed by atoms with Crippen molar-refractivity contribution in [3.8, 4) is 5.75 Å². The maximum atomic E-state index is 5.25. The molecule has 1 aromatic carbocycles. The Hall–Kier alpha value is -1.22. The first-order chi connectivity index (χ1) is 7.26. The minimum atomic E-state index is 0.478. The fourth-order valence-electron chi connectivity index (χ4n) is 2.11. The number of hydrogen-bond acceptors (Lipinski definition) is 3. The van der Waals surface area contributed by atoms with Gasteiger partial charge in [0.25, 0.3) is 0 Å². The predicted molar refractivity (Wildman–Crippen MR) is 62.7 cm³/mol. The highest BCUT2D eigenvalue weighted by atomic mass is 16.5. The number of methoxy groups -OCH3 is 1. The Morgan fingerprint density at radius 3 is 3.00 bits per heavy atom. The second-order valence-electron chi connectivity index (χ2n) is 4.02. The van der Waals surface area contributed by atoms with Crippen LogP contribution in [0, 0.1) is 0 Å². The van der Waals surface area contributed by atoms with Crippen molar-refractivity contribution in [3.05, 3.63) is 23.8 Å². The molecule has 3 heteroatoms. The highest BCUT2D eigenvalue weighted by Crippen LogP contribution is 2.35. The van der Waals surface area contributed by atoms with E-state index in [1.807, 2.05) is 13.1 Å². The first kappa shape index (κ1) is 10.3. The fraction of sp³-hybridized carbons (Fsp3) is 0.500. The topological polar surface area (TPSA) is 33.3 Å². The van der Waals surface area contributed by atoms with Crippen LogP contribution in [0.2, 0.25) is 0 Å². The first-order valence-corrected chi connectivity index (χ1v) is 5.35. The molecule has 0 saturated carbocycles. The third-order valence-electron chi connectivity index (χ3n) is 3.23. The molecular weight excluding hydrogens is 188 g/mol. The molecule has 15 heavy (non-hydrogen) atoms. The smallest absolute Gasteiger partial charge is 0.119 e. The van der Waals surface area contributed by atoms with Gasteiger partial charge in [-0.05, 0) is 37.7 Å². The summed E-state index contributed by atoms with van der Waals surface area (Å²) in [4.78, 5) is 0. The maximum Gasteiger partial charge on any atom is 0.119 e. The lowest BCUT2D eigenvalue weighted by atomic mass is 9.94. The Labute approximate surface area is 90.8 Å². The van der Waals surface area contributed by atoms with Gasteiger partial charge >= 0.3 is 0 Å². The zero-order valence-electron chi connectivity index (χ0n) is 9.50. The van der Waals surface area contributed by atoms with E-state index in [0.717, 1.165) is 12.3 Å². The predicted octanol–water partition coefficient (Wildman–Crippen LogP) is 1.81. The molecule has 2 unspecified atom stereocenters. The number of ether oxygens (including phenoxy) is 1. The van der Waals surface area contributed by atoms with Gasteiger partial charge in [0.15, 0.2) is 0 Å². The van der Waals surface area contributed by atoms with Crippen molar-refractivity contribution in [3.63, 3.8) is 0 Å². The van der Waals surface area contributed by atoms with Crippen LogP contribution in [0.5, 0.6) is 5.75 Å². The summed E-state index contributed by atoms with van der Waals surface area (Å²) in [7, 11) is 3.71. The van der Waals surface area contributed by atoms with E-state index in [0.29, 0.717) is 12.0 Å². The zero-order chi connectivity index (χ0) is 10.8. The largest absolute Gasteiger partial charge is 0.497 e. The van der Waals surface area contributed by atoms with Crippen LogP contribution in [0.1, 0.15) is 18.4 Å². The molecule has 0 aliphatic carbocycles. The summed E-state index contributed by atoms with van der Waals surface area (Å²) in [5, 5.41) is 6.73. The lowest BCUT2D eigenvalue weighted by molar-refractivity contribution is 0.413. The van der Waals surface area contributed by atoms with Crippen LogP contribution < -0.4 is 15.4 Å². The number of anilines is 1. The molecule has 82 valence electrons. The molecular formula is C12H18N2O. The van der Waals surface area contributed by atoms with Gasteiger partial charge in [-0.25, -0.2) is 0 Å². The first-order valence-electron chi connectivity index (χ1n) is 5.35. The summed E-state index contributed by atoms with van der Waals surface area (Å²) >= 11 is 0. The molecule has 1 heterocycles. The Balaban J connectivity index is 2.31. The van der Waals surface area contributed by atoms with Crippen molar-refractivity contribution in [2.45, 2.75) is 18.9 Å². The number of rotatable bonds is 3. The lowest BCUT2D eigenvalue weighted by Gasteiger charge is -2.18. The van der Waals surface area contributed by atoms with E-state index < -0.39 is 0 Å². The van der Waals surface area contributed by atoms with Gasteiger partial charge in [-0.15, -0.1) is 0 Å². The summed E-state index contributed by atoms with van der Waals surface area (Å²) in [6, 6.07) is 6.70. The number of benzene rings is 1. The van der Waals surface area contributed by atoms with Crippen LogP contribution in [0.15, 0.2) is 18.2 Å². The quantitative estimate of drug-likeness (QED) is 0.791. The summed E-state index contributed by atoms with van der Waals surface area (Å²) in [6.45, 7) is 3.21. The van der Waals surface area contributed by atoms with Crippen molar-refractivity contribution in [2.75, 3.05) is 26.0 Å². The second-order valence-corrected chi connectivity index (χ2v) is 4.02. The zero-order valence-corrected chi connectivity index (χ0v) is 9.50. The molecule has 2 N–H and O–H groups in total. The average molecular weight is 206 g/mol. The lowest BCUT2D eigenvalue weighted by Crippen LogP contribution is -2.29. The highest BCUT2D eigenvalue weighted by Gasteiger charge is 2.26. The van der Waals surface area contributed by atoms with Crippen molar-refractivity contribution in [1.82, 2.24) is 5.32 Å². The fourth-order valence-corrected chi connectivity index (χ4v) is 2.11. The Morgan fingerprint density at radius 2 is 2.33 bits per heavy atom. The minimum Gasteiger partial charge on any atom is -0.497 e. The minimum absolute atomic E-state index is 0.478. The van der Waals surface area contributed by atoms with Crippen LogP contribution in [-0.2, 0) is 0 Å². The van der Waals surface area contributed by atoms with E-state index >= 15 is 0 Å². The van der Waals surface area contributed by atoms with E-state index in [4.69, 9.17) is 4.74 Å². The molecule has 0 radical (unpaired) electrons. The van der Waals surface area contributed by atoms with E-state index in [1.54, 1.807) is 7.11 Å². The number of nitrogens with one attached hydrogen (secondary N) is 2. The third-order valence-corrected chi connectivity index (χ3v) is 3.23. The second kappa shape index (κ2) is 4.11. The molecule has 1 aliphatic heterocycles. The van der Waals surface area contributed by atoms with Gasteiger partial charge in [-0.1, -0.05) is 0 Å². The van der Waals surface area contributed by atoms with E-state index in [9.17, 15) is 0 Å². The highest BCUT2D eigenvalue weighted by molar-refractivity contribution is 5.60. The molecule has 0 saturated heterocycles. The van der Waals surface area contributed by atoms with E-state index in [-0.39, 0.29) is 0 Å². The maximum absolute atomic E-state index is 5.25. The Morgan fingerprint density at radius 1 is 1.53 bits per heavy atom. The van der Waals surface area contributed by atoms with Crippen LogP contribution in [-0.4, -0.2) is 26.7 Å². The molecule has 3 nitrogen and oxygen atoms in total. The molecule has 2 atom stereocenters.